The lowest BCUT2D eigenvalue weighted by atomic mass is 10.2. The predicted molar refractivity (Wildman–Crippen MR) is 68.0 cm³/mol. The third-order valence-electron chi connectivity index (χ3n) is 2.74. The Kier molecular flexibility index (Phi) is 3.96. The van der Waals surface area contributed by atoms with Gasteiger partial charge in [-0.1, -0.05) is 6.92 Å². The van der Waals surface area contributed by atoms with Gasteiger partial charge >= 0.3 is 0 Å². The minimum absolute atomic E-state index is 0.0276. The lowest BCUT2D eigenvalue weighted by Gasteiger charge is -2.27. The van der Waals surface area contributed by atoms with E-state index < -0.39 is 15.7 Å². The van der Waals surface area contributed by atoms with Gasteiger partial charge in [-0.05, 0) is 12.6 Å². The third kappa shape index (κ3) is 3.16. The molecule has 0 bridgehead atoms. The number of benzene rings is 1. The van der Waals surface area contributed by atoms with Gasteiger partial charge in [0.15, 0.2) is 27.2 Å². The standard InChI is InChI=1S/C12H16FNO4S/c1-3-14-6-8-7-17-12-10(13)4-9(19(2,15)16)5-11(12)18-8/h4-5,8,14H,3,6-7H2,1-2H3/t8-/m0/s1. The van der Waals surface area contributed by atoms with Crippen molar-refractivity contribution in [3.8, 4) is 11.5 Å². The number of likely N-dealkylation sites (N-methyl/N-ethyl adjacent to an activating group) is 1. The molecule has 7 heteroatoms. The highest BCUT2D eigenvalue weighted by atomic mass is 32.2. The molecule has 0 unspecified atom stereocenters. The van der Waals surface area contributed by atoms with Crippen LogP contribution in [0.15, 0.2) is 17.0 Å². The van der Waals surface area contributed by atoms with Crippen molar-refractivity contribution in [2.45, 2.75) is 17.9 Å². The molecule has 2 rings (SSSR count). The maximum absolute atomic E-state index is 13.8. The second kappa shape index (κ2) is 5.34. The summed E-state index contributed by atoms with van der Waals surface area (Å²) in [4.78, 5) is -0.114. The summed E-state index contributed by atoms with van der Waals surface area (Å²) in [6.45, 7) is 3.53. The van der Waals surface area contributed by atoms with Crippen molar-refractivity contribution in [2.75, 3.05) is 26.0 Å². The van der Waals surface area contributed by atoms with Crippen LogP contribution in [-0.2, 0) is 9.84 Å². The highest BCUT2D eigenvalue weighted by molar-refractivity contribution is 7.90. The molecule has 0 aromatic heterocycles. The molecule has 1 aromatic carbocycles. The van der Waals surface area contributed by atoms with Crippen LogP contribution in [-0.4, -0.2) is 40.5 Å². The average molecular weight is 289 g/mol. The van der Waals surface area contributed by atoms with E-state index in [1.165, 1.54) is 6.07 Å². The Labute approximate surface area is 111 Å². The molecule has 1 aliphatic heterocycles. The number of halogens is 1. The molecule has 0 radical (unpaired) electrons. The lowest BCUT2D eigenvalue weighted by Crippen LogP contribution is -2.38. The Morgan fingerprint density at radius 3 is 2.84 bits per heavy atom. The lowest BCUT2D eigenvalue weighted by molar-refractivity contribution is 0.0861. The first-order chi connectivity index (χ1) is 8.91. The number of ether oxygens (including phenoxy) is 2. The van der Waals surface area contributed by atoms with Crippen LogP contribution in [0.1, 0.15) is 6.92 Å². The molecule has 0 saturated carbocycles. The van der Waals surface area contributed by atoms with Crippen molar-refractivity contribution in [1.82, 2.24) is 5.32 Å². The molecule has 0 amide bonds. The summed E-state index contributed by atoms with van der Waals surface area (Å²) in [7, 11) is -3.48. The second-order valence-electron chi connectivity index (χ2n) is 4.36. The van der Waals surface area contributed by atoms with Gasteiger partial charge in [0.05, 0.1) is 4.90 Å². The summed E-state index contributed by atoms with van der Waals surface area (Å²) in [5, 5.41) is 3.09. The Morgan fingerprint density at radius 1 is 1.47 bits per heavy atom. The van der Waals surface area contributed by atoms with Crippen LogP contribution in [0.2, 0.25) is 0 Å². The molecule has 1 aliphatic rings. The largest absolute Gasteiger partial charge is 0.483 e. The van der Waals surface area contributed by atoms with Gasteiger partial charge in [0.2, 0.25) is 0 Å². The Morgan fingerprint density at radius 2 is 2.21 bits per heavy atom. The van der Waals surface area contributed by atoms with Gasteiger partial charge < -0.3 is 14.8 Å². The molecule has 1 N–H and O–H groups in total. The highest BCUT2D eigenvalue weighted by Crippen LogP contribution is 2.36. The van der Waals surface area contributed by atoms with Gasteiger partial charge in [-0.2, -0.15) is 0 Å². The van der Waals surface area contributed by atoms with Gasteiger partial charge in [-0.15, -0.1) is 0 Å². The first-order valence-corrected chi connectivity index (χ1v) is 7.84. The summed E-state index contributed by atoms with van der Waals surface area (Å²) in [6.07, 6.45) is 0.759. The zero-order chi connectivity index (χ0) is 14.0. The minimum Gasteiger partial charge on any atom is -0.483 e. The van der Waals surface area contributed by atoms with Gasteiger partial charge in [0.25, 0.3) is 0 Å². The van der Waals surface area contributed by atoms with E-state index in [1.54, 1.807) is 0 Å². The quantitative estimate of drug-likeness (QED) is 0.895. The van der Waals surface area contributed by atoms with Gasteiger partial charge in [0, 0.05) is 18.9 Å². The number of hydrogen-bond acceptors (Lipinski definition) is 5. The average Bonchev–Trinajstić information content (AvgIpc) is 2.34. The van der Waals surface area contributed by atoms with Crippen molar-refractivity contribution < 1.29 is 22.3 Å². The minimum atomic E-state index is -3.48. The van der Waals surface area contributed by atoms with Crippen LogP contribution in [0.5, 0.6) is 11.5 Å². The van der Waals surface area contributed by atoms with E-state index in [4.69, 9.17) is 9.47 Å². The van der Waals surface area contributed by atoms with Crippen LogP contribution >= 0.6 is 0 Å². The molecule has 5 nitrogen and oxygen atoms in total. The van der Waals surface area contributed by atoms with Crippen LogP contribution in [0, 0.1) is 5.82 Å². The fourth-order valence-corrected chi connectivity index (χ4v) is 2.42. The molecule has 0 spiro atoms. The van der Waals surface area contributed by atoms with E-state index in [0.717, 1.165) is 18.9 Å². The molecule has 1 heterocycles. The number of sulfone groups is 1. The van der Waals surface area contributed by atoms with Crippen LogP contribution in [0.25, 0.3) is 0 Å². The van der Waals surface area contributed by atoms with E-state index in [-0.39, 0.29) is 29.1 Å². The molecular weight excluding hydrogens is 273 g/mol. The number of nitrogens with one attached hydrogen (secondary N) is 1. The summed E-state index contributed by atoms with van der Waals surface area (Å²) < 4.78 is 47.5. The molecule has 19 heavy (non-hydrogen) atoms. The number of hydrogen-bond donors (Lipinski definition) is 1. The zero-order valence-corrected chi connectivity index (χ0v) is 11.6. The first kappa shape index (κ1) is 14.1. The monoisotopic (exact) mass is 289 g/mol. The number of rotatable bonds is 4. The summed E-state index contributed by atoms with van der Waals surface area (Å²) >= 11 is 0. The smallest absolute Gasteiger partial charge is 0.197 e. The molecule has 0 aliphatic carbocycles. The van der Waals surface area contributed by atoms with E-state index >= 15 is 0 Å². The zero-order valence-electron chi connectivity index (χ0n) is 10.8. The van der Waals surface area contributed by atoms with Crippen molar-refractivity contribution in [3.63, 3.8) is 0 Å². The summed E-state index contributed by atoms with van der Waals surface area (Å²) in [6, 6.07) is 2.24. The molecule has 0 saturated heterocycles. The van der Waals surface area contributed by atoms with E-state index in [2.05, 4.69) is 5.32 Å². The molecule has 1 aromatic rings. The second-order valence-corrected chi connectivity index (χ2v) is 6.38. The van der Waals surface area contributed by atoms with Gasteiger partial charge in [0.1, 0.15) is 12.7 Å². The third-order valence-corrected chi connectivity index (χ3v) is 3.83. The van der Waals surface area contributed by atoms with E-state index in [9.17, 15) is 12.8 Å². The molecular formula is C12H16FNO4S. The first-order valence-electron chi connectivity index (χ1n) is 5.95. The summed E-state index contributed by atoms with van der Waals surface area (Å²) in [5.41, 5.74) is 0. The van der Waals surface area contributed by atoms with Crippen molar-refractivity contribution in [1.29, 1.82) is 0 Å². The molecule has 106 valence electrons. The maximum atomic E-state index is 13.8. The topological polar surface area (TPSA) is 64.6 Å². The van der Waals surface area contributed by atoms with Crippen LogP contribution < -0.4 is 14.8 Å². The highest BCUT2D eigenvalue weighted by Gasteiger charge is 2.26. The number of fused-ring (bicyclic) bond motifs is 1. The normalized spacial score (nSPS) is 18.4. The SMILES string of the molecule is CCNC[C@H]1COc2c(F)cc(S(C)(=O)=O)cc2O1. The molecule has 0 fully saturated rings. The van der Waals surface area contributed by atoms with E-state index in [0.29, 0.717) is 6.54 Å². The van der Waals surface area contributed by atoms with Crippen molar-refractivity contribution >= 4 is 9.84 Å². The predicted octanol–water partition coefficient (Wildman–Crippen LogP) is 0.979. The summed E-state index contributed by atoms with van der Waals surface area (Å²) in [5.74, 6) is -0.616. The molecule has 1 atom stereocenters. The maximum Gasteiger partial charge on any atom is 0.197 e. The fourth-order valence-electron chi connectivity index (χ4n) is 1.78. The van der Waals surface area contributed by atoms with Crippen molar-refractivity contribution in [2.24, 2.45) is 0 Å². The van der Waals surface area contributed by atoms with Gasteiger partial charge in [-0.3, -0.25) is 0 Å². The van der Waals surface area contributed by atoms with Crippen molar-refractivity contribution in [3.05, 3.63) is 17.9 Å². The fraction of sp³-hybridized carbons (Fsp3) is 0.500. The van der Waals surface area contributed by atoms with Crippen LogP contribution in [0.3, 0.4) is 0 Å². The van der Waals surface area contributed by atoms with Crippen LogP contribution in [0.4, 0.5) is 4.39 Å². The Hall–Kier alpha value is -1.34. The Bertz CT molecular complexity index is 573. The Balaban J connectivity index is 2.30. The van der Waals surface area contributed by atoms with E-state index in [1.807, 2.05) is 6.92 Å². The van der Waals surface area contributed by atoms with Gasteiger partial charge in [-0.25, -0.2) is 12.8 Å².